The van der Waals surface area contributed by atoms with Crippen LogP contribution in [0.4, 0.5) is 0 Å². The molecule has 0 spiro atoms. The van der Waals surface area contributed by atoms with E-state index in [0.717, 1.165) is 19.5 Å². The number of aryl methyl sites for hydroxylation is 1. The van der Waals surface area contributed by atoms with Gasteiger partial charge in [0.05, 0.1) is 6.20 Å². The second-order valence-corrected chi connectivity index (χ2v) is 4.84. The predicted molar refractivity (Wildman–Crippen MR) is 68.7 cm³/mol. The Kier molecular flexibility index (Phi) is 5.53. The average molecular weight is 223 g/mol. The Morgan fingerprint density at radius 1 is 1.38 bits per heavy atom. The van der Waals surface area contributed by atoms with Gasteiger partial charge in [-0.2, -0.15) is 5.10 Å². The molecule has 0 bridgehead atoms. The fraction of sp³-hybridized carbons (Fsp3) is 0.769. The fourth-order valence-electron chi connectivity index (χ4n) is 1.74. The lowest BCUT2D eigenvalue weighted by Gasteiger charge is -2.12. The van der Waals surface area contributed by atoms with Gasteiger partial charge in [0, 0.05) is 18.8 Å². The van der Waals surface area contributed by atoms with Crippen LogP contribution in [0.5, 0.6) is 0 Å². The number of nitrogens with zero attached hydrogens (tertiary/aromatic N) is 2. The van der Waals surface area contributed by atoms with Crippen molar-refractivity contribution >= 4 is 0 Å². The molecule has 92 valence electrons. The van der Waals surface area contributed by atoms with Crippen molar-refractivity contribution < 1.29 is 0 Å². The van der Waals surface area contributed by atoms with Crippen LogP contribution >= 0.6 is 0 Å². The van der Waals surface area contributed by atoms with E-state index < -0.39 is 0 Å². The first kappa shape index (κ1) is 13.2. The Morgan fingerprint density at radius 3 is 2.75 bits per heavy atom. The first-order valence-corrected chi connectivity index (χ1v) is 6.39. The second kappa shape index (κ2) is 6.69. The molecular weight excluding hydrogens is 198 g/mol. The van der Waals surface area contributed by atoms with Crippen molar-refractivity contribution in [2.75, 3.05) is 6.54 Å². The van der Waals surface area contributed by atoms with Crippen molar-refractivity contribution in [1.29, 1.82) is 0 Å². The van der Waals surface area contributed by atoms with E-state index >= 15 is 0 Å². The zero-order valence-corrected chi connectivity index (χ0v) is 11.0. The zero-order chi connectivity index (χ0) is 12.0. The van der Waals surface area contributed by atoms with E-state index in [0.29, 0.717) is 12.0 Å². The molecule has 0 saturated carbocycles. The van der Waals surface area contributed by atoms with Crippen molar-refractivity contribution in [3.8, 4) is 0 Å². The third-order valence-electron chi connectivity index (χ3n) is 2.80. The second-order valence-electron chi connectivity index (χ2n) is 4.84. The fourth-order valence-corrected chi connectivity index (χ4v) is 1.74. The Bertz CT molecular complexity index is 291. The van der Waals surface area contributed by atoms with Crippen LogP contribution in [0.1, 0.15) is 52.0 Å². The molecule has 0 fully saturated rings. The highest BCUT2D eigenvalue weighted by molar-refractivity contribution is 5.10. The maximum absolute atomic E-state index is 4.37. The molecule has 0 aliphatic carbocycles. The molecule has 1 aromatic rings. The van der Waals surface area contributed by atoms with Gasteiger partial charge in [-0.05, 0) is 30.9 Å². The molecule has 3 heteroatoms. The Balaban J connectivity index is 2.36. The number of aromatic nitrogens is 2. The highest BCUT2D eigenvalue weighted by Crippen LogP contribution is 2.17. The molecule has 1 atom stereocenters. The van der Waals surface area contributed by atoms with Gasteiger partial charge in [-0.15, -0.1) is 0 Å². The smallest absolute Gasteiger partial charge is 0.0524 e. The summed E-state index contributed by atoms with van der Waals surface area (Å²) in [6.07, 6.45) is 6.51. The molecular formula is C13H25N3. The van der Waals surface area contributed by atoms with Crippen LogP contribution in [-0.4, -0.2) is 22.4 Å². The molecule has 1 aromatic heterocycles. The van der Waals surface area contributed by atoms with Crippen LogP contribution in [0.15, 0.2) is 12.4 Å². The predicted octanol–water partition coefficient (Wildman–Crippen LogP) is 2.78. The van der Waals surface area contributed by atoms with Crippen molar-refractivity contribution in [3.05, 3.63) is 18.0 Å². The van der Waals surface area contributed by atoms with Crippen molar-refractivity contribution in [2.24, 2.45) is 0 Å². The van der Waals surface area contributed by atoms with E-state index in [2.05, 4.69) is 44.3 Å². The first-order chi connectivity index (χ1) is 7.63. The molecule has 1 heterocycles. The molecule has 1 unspecified atom stereocenters. The van der Waals surface area contributed by atoms with Crippen LogP contribution in [-0.2, 0) is 6.54 Å². The van der Waals surface area contributed by atoms with Gasteiger partial charge in [-0.3, -0.25) is 4.68 Å². The molecule has 0 radical (unpaired) electrons. The Morgan fingerprint density at radius 2 is 2.12 bits per heavy atom. The summed E-state index contributed by atoms with van der Waals surface area (Å²) in [7, 11) is 0. The van der Waals surface area contributed by atoms with E-state index in [9.17, 15) is 0 Å². The van der Waals surface area contributed by atoms with Gasteiger partial charge in [-0.1, -0.05) is 27.7 Å². The third-order valence-corrected chi connectivity index (χ3v) is 2.80. The minimum absolute atomic E-state index is 0.579. The van der Waals surface area contributed by atoms with Gasteiger partial charge in [0.25, 0.3) is 0 Å². The van der Waals surface area contributed by atoms with E-state index in [1.807, 2.05) is 10.9 Å². The molecule has 0 saturated heterocycles. The monoisotopic (exact) mass is 223 g/mol. The van der Waals surface area contributed by atoms with E-state index in [4.69, 9.17) is 0 Å². The van der Waals surface area contributed by atoms with Crippen LogP contribution < -0.4 is 5.32 Å². The minimum atomic E-state index is 0.579. The number of hydrogen-bond acceptors (Lipinski definition) is 2. The minimum Gasteiger partial charge on any atom is -0.315 e. The highest BCUT2D eigenvalue weighted by Gasteiger charge is 2.07. The Labute approximate surface area is 99.2 Å². The molecule has 1 N–H and O–H groups in total. The highest BCUT2D eigenvalue weighted by atomic mass is 15.3. The van der Waals surface area contributed by atoms with E-state index in [1.54, 1.807) is 0 Å². The van der Waals surface area contributed by atoms with E-state index in [1.165, 1.54) is 12.0 Å². The lowest BCUT2D eigenvalue weighted by atomic mass is 10.0. The normalized spacial score (nSPS) is 13.3. The molecule has 0 aliphatic rings. The summed E-state index contributed by atoms with van der Waals surface area (Å²) in [5.74, 6) is 0.594. The Hall–Kier alpha value is -0.830. The zero-order valence-electron chi connectivity index (χ0n) is 11.0. The standard InChI is InChI=1S/C13H25N3/c1-5-8-16-10-13(9-15-16)12(4)6-7-14-11(2)3/h9-12,14H,5-8H2,1-4H3. The molecule has 0 aliphatic heterocycles. The lowest BCUT2D eigenvalue weighted by molar-refractivity contribution is 0.540. The molecule has 3 nitrogen and oxygen atoms in total. The topological polar surface area (TPSA) is 29.9 Å². The number of rotatable bonds is 7. The average Bonchev–Trinajstić information content (AvgIpc) is 2.66. The number of nitrogens with one attached hydrogen (secondary N) is 1. The summed E-state index contributed by atoms with van der Waals surface area (Å²) in [5, 5.41) is 7.82. The van der Waals surface area contributed by atoms with Crippen molar-refractivity contribution in [1.82, 2.24) is 15.1 Å². The quantitative estimate of drug-likeness (QED) is 0.770. The molecule has 1 rings (SSSR count). The van der Waals surface area contributed by atoms with Crippen LogP contribution in [0.25, 0.3) is 0 Å². The van der Waals surface area contributed by atoms with Crippen molar-refractivity contribution in [2.45, 2.75) is 59.0 Å². The SMILES string of the molecule is CCCn1cc(C(C)CCNC(C)C)cn1. The largest absolute Gasteiger partial charge is 0.315 e. The first-order valence-electron chi connectivity index (χ1n) is 6.39. The summed E-state index contributed by atoms with van der Waals surface area (Å²) in [6.45, 7) is 10.9. The van der Waals surface area contributed by atoms with Gasteiger partial charge >= 0.3 is 0 Å². The van der Waals surface area contributed by atoms with E-state index in [-0.39, 0.29) is 0 Å². The summed E-state index contributed by atoms with van der Waals surface area (Å²) in [6, 6.07) is 0.579. The summed E-state index contributed by atoms with van der Waals surface area (Å²) in [4.78, 5) is 0. The van der Waals surface area contributed by atoms with Crippen LogP contribution in [0.3, 0.4) is 0 Å². The van der Waals surface area contributed by atoms with Gasteiger partial charge in [0.15, 0.2) is 0 Å². The van der Waals surface area contributed by atoms with Crippen molar-refractivity contribution in [3.63, 3.8) is 0 Å². The maximum atomic E-state index is 4.37. The summed E-state index contributed by atoms with van der Waals surface area (Å²) in [5.41, 5.74) is 1.36. The lowest BCUT2D eigenvalue weighted by Crippen LogP contribution is -2.24. The van der Waals surface area contributed by atoms with Gasteiger partial charge < -0.3 is 5.32 Å². The van der Waals surface area contributed by atoms with Gasteiger partial charge in [-0.25, -0.2) is 0 Å². The summed E-state index contributed by atoms with van der Waals surface area (Å²) < 4.78 is 2.04. The maximum Gasteiger partial charge on any atom is 0.0524 e. The molecule has 16 heavy (non-hydrogen) atoms. The third kappa shape index (κ3) is 4.35. The van der Waals surface area contributed by atoms with Gasteiger partial charge in [0.1, 0.15) is 0 Å². The van der Waals surface area contributed by atoms with Gasteiger partial charge in [0.2, 0.25) is 0 Å². The number of hydrogen-bond donors (Lipinski definition) is 1. The molecule has 0 aromatic carbocycles. The van der Waals surface area contributed by atoms with Crippen LogP contribution in [0.2, 0.25) is 0 Å². The molecule has 0 amide bonds. The summed E-state index contributed by atoms with van der Waals surface area (Å²) >= 11 is 0. The van der Waals surface area contributed by atoms with Crippen LogP contribution in [0, 0.1) is 0 Å².